The quantitative estimate of drug-likeness (QED) is 0.795. The Balaban J connectivity index is 2.29. The number of hydrogen-bond donors (Lipinski definition) is 1. The summed E-state index contributed by atoms with van der Waals surface area (Å²) in [6.07, 6.45) is 0.882. The fourth-order valence-electron chi connectivity index (χ4n) is 3.01. The van der Waals surface area contributed by atoms with Crippen molar-refractivity contribution in [1.82, 2.24) is 0 Å². The highest BCUT2D eigenvalue weighted by atomic mass is 16.5. The summed E-state index contributed by atoms with van der Waals surface area (Å²) in [6.45, 7) is 9.93. The van der Waals surface area contributed by atoms with Crippen LogP contribution in [0.5, 0.6) is 11.5 Å². The molecule has 3 heteroatoms. The van der Waals surface area contributed by atoms with E-state index in [0.29, 0.717) is 13.2 Å². The first-order chi connectivity index (χ1) is 11.9. The molecule has 3 nitrogen and oxygen atoms in total. The summed E-state index contributed by atoms with van der Waals surface area (Å²) < 4.78 is 11.1. The molecule has 0 bridgehead atoms. The van der Waals surface area contributed by atoms with Crippen molar-refractivity contribution in [3.63, 3.8) is 0 Å². The van der Waals surface area contributed by atoms with Crippen LogP contribution in [0, 0.1) is 0 Å². The third kappa shape index (κ3) is 4.99. The molecule has 0 aromatic heterocycles. The first-order valence-electron chi connectivity index (χ1n) is 8.99. The van der Waals surface area contributed by atoms with Crippen LogP contribution in [0.4, 0.5) is 0 Å². The average Bonchev–Trinajstić information content (AvgIpc) is 2.60. The van der Waals surface area contributed by atoms with Crippen LogP contribution in [-0.2, 0) is 11.8 Å². The Morgan fingerprint density at radius 2 is 1.72 bits per heavy atom. The second-order valence-corrected chi connectivity index (χ2v) is 7.42. The summed E-state index contributed by atoms with van der Waals surface area (Å²) >= 11 is 0. The molecule has 1 atom stereocenters. The summed E-state index contributed by atoms with van der Waals surface area (Å²) in [6, 6.07) is 14.8. The van der Waals surface area contributed by atoms with Gasteiger partial charge in [-0.25, -0.2) is 0 Å². The predicted molar refractivity (Wildman–Crippen MR) is 105 cm³/mol. The molecule has 25 heavy (non-hydrogen) atoms. The topological polar surface area (TPSA) is 44.5 Å². The van der Waals surface area contributed by atoms with E-state index in [1.807, 2.05) is 19.1 Å². The molecular weight excluding hydrogens is 310 g/mol. The van der Waals surface area contributed by atoms with Crippen molar-refractivity contribution in [2.45, 2.75) is 45.4 Å². The van der Waals surface area contributed by atoms with Crippen LogP contribution in [-0.4, -0.2) is 20.3 Å². The van der Waals surface area contributed by atoms with E-state index in [1.54, 1.807) is 7.11 Å². The molecule has 0 spiro atoms. The van der Waals surface area contributed by atoms with Gasteiger partial charge in [-0.05, 0) is 60.2 Å². The van der Waals surface area contributed by atoms with Gasteiger partial charge in [-0.15, -0.1) is 0 Å². The zero-order chi connectivity index (χ0) is 18.4. The van der Waals surface area contributed by atoms with Gasteiger partial charge < -0.3 is 15.2 Å². The highest BCUT2D eigenvalue weighted by Gasteiger charge is 2.20. The van der Waals surface area contributed by atoms with Crippen molar-refractivity contribution in [2.24, 2.45) is 5.73 Å². The van der Waals surface area contributed by atoms with Gasteiger partial charge in [0, 0.05) is 5.92 Å². The first kappa shape index (κ1) is 19.3. The SMILES string of the molecule is CCOc1ccc(CC(CN)c2cc(C(C)(C)C)ccc2OC)cc1. The van der Waals surface area contributed by atoms with Crippen molar-refractivity contribution >= 4 is 0 Å². The lowest BCUT2D eigenvalue weighted by Crippen LogP contribution is -2.18. The smallest absolute Gasteiger partial charge is 0.122 e. The van der Waals surface area contributed by atoms with Gasteiger partial charge >= 0.3 is 0 Å². The standard InChI is InChI=1S/C22H31NO2/c1-6-25-19-10-7-16(8-11-19)13-17(15-23)20-14-18(22(2,3)4)9-12-21(20)24-5/h7-12,14,17H,6,13,15,23H2,1-5H3. The molecule has 0 fully saturated rings. The summed E-state index contributed by atoms with van der Waals surface area (Å²) in [7, 11) is 1.72. The molecule has 0 saturated carbocycles. The second-order valence-electron chi connectivity index (χ2n) is 7.42. The van der Waals surface area contributed by atoms with E-state index in [-0.39, 0.29) is 11.3 Å². The van der Waals surface area contributed by atoms with Gasteiger partial charge in [0.05, 0.1) is 13.7 Å². The van der Waals surface area contributed by atoms with E-state index in [2.05, 4.69) is 51.1 Å². The van der Waals surface area contributed by atoms with Crippen molar-refractivity contribution in [2.75, 3.05) is 20.3 Å². The van der Waals surface area contributed by atoms with Crippen molar-refractivity contribution < 1.29 is 9.47 Å². The molecule has 0 amide bonds. The Kier molecular flexibility index (Phi) is 6.49. The second kappa shape index (κ2) is 8.39. The van der Waals surface area contributed by atoms with Gasteiger partial charge in [0.2, 0.25) is 0 Å². The average molecular weight is 341 g/mol. The lowest BCUT2D eigenvalue weighted by molar-refractivity contribution is 0.340. The first-order valence-corrected chi connectivity index (χ1v) is 8.99. The minimum absolute atomic E-state index is 0.0965. The third-order valence-corrected chi connectivity index (χ3v) is 4.54. The van der Waals surface area contributed by atoms with Gasteiger partial charge in [0.15, 0.2) is 0 Å². The molecule has 0 radical (unpaired) electrons. The maximum absolute atomic E-state index is 6.13. The number of methoxy groups -OCH3 is 1. The summed E-state index contributed by atoms with van der Waals surface area (Å²) in [5.41, 5.74) is 9.97. The van der Waals surface area contributed by atoms with Crippen LogP contribution in [0.25, 0.3) is 0 Å². The summed E-state index contributed by atoms with van der Waals surface area (Å²) in [5.74, 6) is 2.03. The fourth-order valence-corrected chi connectivity index (χ4v) is 3.01. The molecule has 136 valence electrons. The Hall–Kier alpha value is -2.00. The molecule has 1 unspecified atom stereocenters. The monoisotopic (exact) mass is 341 g/mol. The van der Waals surface area contributed by atoms with E-state index in [0.717, 1.165) is 17.9 Å². The third-order valence-electron chi connectivity index (χ3n) is 4.54. The highest BCUT2D eigenvalue weighted by molar-refractivity contribution is 5.43. The molecule has 2 aromatic rings. The largest absolute Gasteiger partial charge is 0.496 e. The number of rotatable bonds is 7. The van der Waals surface area contributed by atoms with Crippen molar-refractivity contribution in [3.05, 3.63) is 59.2 Å². The maximum atomic E-state index is 6.13. The van der Waals surface area contributed by atoms with E-state index in [9.17, 15) is 0 Å². The number of ether oxygens (including phenoxy) is 2. The van der Waals surface area contributed by atoms with Gasteiger partial charge in [-0.2, -0.15) is 0 Å². The van der Waals surface area contributed by atoms with Gasteiger partial charge in [-0.3, -0.25) is 0 Å². The van der Waals surface area contributed by atoms with Crippen molar-refractivity contribution in [1.29, 1.82) is 0 Å². The number of hydrogen-bond acceptors (Lipinski definition) is 3. The zero-order valence-electron chi connectivity index (χ0n) is 16.1. The van der Waals surface area contributed by atoms with Gasteiger partial charge in [-0.1, -0.05) is 45.0 Å². The minimum Gasteiger partial charge on any atom is -0.496 e. The normalized spacial score (nSPS) is 12.7. The van der Waals surface area contributed by atoms with Crippen LogP contribution in [0.1, 0.15) is 50.3 Å². The number of benzene rings is 2. The lowest BCUT2D eigenvalue weighted by Gasteiger charge is -2.24. The molecule has 0 aliphatic carbocycles. The Morgan fingerprint density at radius 1 is 1.04 bits per heavy atom. The Morgan fingerprint density at radius 3 is 2.24 bits per heavy atom. The number of nitrogens with two attached hydrogens (primary N) is 1. The highest BCUT2D eigenvalue weighted by Crippen LogP contribution is 2.33. The van der Waals surface area contributed by atoms with Crippen LogP contribution in [0.3, 0.4) is 0 Å². The van der Waals surface area contributed by atoms with Crippen LogP contribution in [0.15, 0.2) is 42.5 Å². The Labute approximate surface area is 152 Å². The van der Waals surface area contributed by atoms with Crippen LogP contribution >= 0.6 is 0 Å². The predicted octanol–water partition coefficient (Wildman–Crippen LogP) is 4.68. The summed E-state index contributed by atoms with van der Waals surface area (Å²) in [4.78, 5) is 0. The minimum atomic E-state index is 0.0965. The maximum Gasteiger partial charge on any atom is 0.122 e. The van der Waals surface area contributed by atoms with E-state index in [1.165, 1.54) is 16.7 Å². The molecule has 0 aliphatic rings. The van der Waals surface area contributed by atoms with Crippen LogP contribution in [0.2, 0.25) is 0 Å². The van der Waals surface area contributed by atoms with E-state index in [4.69, 9.17) is 15.2 Å². The lowest BCUT2D eigenvalue weighted by atomic mass is 9.83. The van der Waals surface area contributed by atoms with E-state index < -0.39 is 0 Å². The Bertz CT molecular complexity index is 671. The van der Waals surface area contributed by atoms with Crippen LogP contribution < -0.4 is 15.2 Å². The molecule has 0 heterocycles. The molecule has 2 aromatic carbocycles. The zero-order valence-corrected chi connectivity index (χ0v) is 16.1. The molecular formula is C22H31NO2. The molecule has 2 rings (SSSR count). The van der Waals surface area contributed by atoms with Gasteiger partial charge in [0.1, 0.15) is 11.5 Å². The summed E-state index contributed by atoms with van der Waals surface area (Å²) in [5, 5.41) is 0. The van der Waals surface area contributed by atoms with E-state index >= 15 is 0 Å². The van der Waals surface area contributed by atoms with Crippen molar-refractivity contribution in [3.8, 4) is 11.5 Å². The van der Waals surface area contributed by atoms with Gasteiger partial charge in [0.25, 0.3) is 0 Å². The molecule has 2 N–H and O–H groups in total. The fraction of sp³-hybridized carbons (Fsp3) is 0.455. The molecule has 0 saturated heterocycles. The molecule has 0 aliphatic heterocycles.